The largest absolute Gasteiger partial charge is 0.493 e. The van der Waals surface area contributed by atoms with Gasteiger partial charge in [0.15, 0.2) is 0 Å². The fourth-order valence-electron chi connectivity index (χ4n) is 2.78. The highest BCUT2D eigenvalue weighted by Gasteiger charge is 2.28. The third kappa shape index (κ3) is 3.12. The number of ether oxygens (including phenoxy) is 1. The lowest BCUT2D eigenvalue weighted by Gasteiger charge is -2.23. The van der Waals surface area contributed by atoms with E-state index in [9.17, 15) is 4.79 Å². The SMILES string of the molecule is O=C(O)c1ccc(OCC2CCNCC2)c(C2CC2)c1. The molecule has 0 radical (unpaired) electrons. The Morgan fingerprint density at radius 2 is 2.00 bits per heavy atom. The fraction of sp³-hybridized carbons (Fsp3) is 0.562. The summed E-state index contributed by atoms with van der Waals surface area (Å²) in [6.45, 7) is 2.89. The van der Waals surface area contributed by atoms with Crippen LogP contribution in [0.2, 0.25) is 0 Å². The lowest BCUT2D eigenvalue weighted by molar-refractivity contribution is 0.0696. The van der Waals surface area contributed by atoms with E-state index in [1.807, 2.05) is 6.07 Å². The Morgan fingerprint density at radius 1 is 1.25 bits per heavy atom. The number of carboxylic acid groups (broad SMARTS) is 1. The van der Waals surface area contributed by atoms with Crippen molar-refractivity contribution in [1.29, 1.82) is 0 Å². The third-order valence-electron chi connectivity index (χ3n) is 4.21. The number of carboxylic acids is 1. The van der Waals surface area contributed by atoms with E-state index in [0.717, 1.165) is 56.7 Å². The van der Waals surface area contributed by atoms with Crippen molar-refractivity contribution >= 4 is 5.97 Å². The van der Waals surface area contributed by atoms with Crippen molar-refractivity contribution in [2.24, 2.45) is 5.92 Å². The molecule has 3 rings (SSSR count). The molecule has 0 unspecified atom stereocenters. The maximum absolute atomic E-state index is 11.1. The van der Waals surface area contributed by atoms with Crippen LogP contribution >= 0.6 is 0 Å². The summed E-state index contributed by atoms with van der Waals surface area (Å²) in [6.07, 6.45) is 4.61. The molecule has 20 heavy (non-hydrogen) atoms. The van der Waals surface area contributed by atoms with E-state index in [0.29, 0.717) is 17.4 Å². The number of rotatable bonds is 5. The van der Waals surface area contributed by atoms with Gasteiger partial charge in [0.25, 0.3) is 0 Å². The van der Waals surface area contributed by atoms with Gasteiger partial charge in [-0.25, -0.2) is 4.79 Å². The summed E-state index contributed by atoms with van der Waals surface area (Å²) in [7, 11) is 0. The molecule has 1 saturated carbocycles. The standard InChI is InChI=1S/C16H21NO3/c18-16(19)13-3-4-15(14(9-13)12-1-2-12)20-10-11-5-7-17-8-6-11/h3-4,9,11-12,17H,1-2,5-8,10H2,(H,18,19). The molecule has 1 heterocycles. The Bertz CT molecular complexity index is 490. The van der Waals surface area contributed by atoms with Gasteiger partial charge in [-0.1, -0.05) is 0 Å². The van der Waals surface area contributed by atoms with Gasteiger partial charge in [0.1, 0.15) is 5.75 Å². The monoisotopic (exact) mass is 275 g/mol. The summed E-state index contributed by atoms with van der Waals surface area (Å²) in [5.41, 5.74) is 1.44. The Morgan fingerprint density at radius 3 is 2.65 bits per heavy atom. The number of piperidine rings is 1. The second-order valence-electron chi connectivity index (χ2n) is 5.84. The van der Waals surface area contributed by atoms with Crippen LogP contribution in [0.15, 0.2) is 18.2 Å². The maximum Gasteiger partial charge on any atom is 0.335 e. The van der Waals surface area contributed by atoms with E-state index in [-0.39, 0.29) is 0 Å². The maximum atomic E-state index is 11.1. The molecule has 2 N–H and O–H groups in total. The first-order chi connectivity index (χ1) is 9.74. The predicted molar refractivity (Wildman–Crippen MR) is 76.5 cm³/mol. The molecule has 1 aromatic carbocycles. The molecule has 1 aromatic rings. The molecular weight excluding hydrogens is 254 g/mol. The van der Waals surface area contributed by atoms with Crippen LogP contribution in [0.25, 0.3) is 0 Å². The van der Waals surface area contributed by atoms with E-state index >= 15 is 0 Å². The second kappa shape index (κ2) is 5.83. The number of carbonyl (C=O) groups is 1. The predicted octanol–water partition coefficient (Wildman–Crippen LogP) is 2.64. The molecule has 0 spiro atoms. The Balaban J connectivity index is 1.69. The van der Waals surface area contributed by atoms with Crippen molar-refractivity contribution in [2.45, 2.75) is 31.6 Å². The average molecular weight is 275 g/mol. The summed E-state index contributed by atoms with van der Waals surface area (Å²) in [4.78, 5) is 11.1. The van der Waals surface area contributed by atoms with Crippen LogP contribution in [0.4, 0.5) is 0 Å². The highest BCUT2D eigenvalue weighted by atomic mass is 16.5. The van der Waals surface area contributed by atoms with E-state index in [2.05, 4.69) is 5.32 Å². The minimum absolute atomic E-state index is 0.362. The molecule has 0 aromatic heterocycles. The number of hydrogen-bond donors (Lipinski definition) is 2. The minimum atomic E-state index is -0.864. The summed E-state index contributed by atoms with van der Waals surface area (Å²) < 4.78 is 5.99. The van der Waals surface area contributed by atoms with Gasteiger partial charge >= 0.3 is 5.97 Å². The van der Waals surface area contributed by atoms with Crippen LogP contribution in [-0.4, -0.2) is 30.8 Å². The second-order valence-corrected chi connectivity index (χ2v) is 5.84. The number of aromatic carboxylic acids is 1. The van der Waals surface area contributed by atoms with Crippen molar-refractivity contribution in [3.05, 3.63) is 29.3 Å². The lowest BCUT2D eigenvalue weighted by atomic mass is 9.99. The van der Waals surface area contributed by atoms with Gasteiger partial charge in [0, 0.05) is 0 Å². The van der Waals surface area contributed by atoms with Crippen LogP contribution < -0.4 is 10.1 Å². The molecule has 2 aliphatic rings. The zero-order valence-electron chi connectivity index (χ0n) is 11.6. The number of hydrogen-bond acceptors (Lipinski definition) is 3. The fourth-order valence-corrected chi connectivity index (χ4v) is 2.78. The number of benzene rings is 1. The normalized spacial score (nSPS) is 19.8. The van der Waals surface area contributed by atoms with E-state index in [1.54, 1.807) is 12.1 Å². The summed E-state index contributed by atoms with van der Waals surface area (Å²) in [5, 5.41) is 12.4. The molecule has 4 nitrogen and oxygen atoms in total. The van der Waals surface area contributed by atoms with Crippen LogP contribution in [0.1, 0.15) is 47.5 Å². The van der Waals surface area contributed by atoms with Gasteiger partial charge in [-0.15, -0.1) is 0 Å². The van der Waals surface area contributed by atoms with Crippen molar-refractivity contribution in [2.75, 3.05) is 19.7 Å². The van der Waals surface area contributed by atoms with Crippen molar-refractivity contribution in [3.63, 3.8) is 0 Å². The number of nitrogens with one attached hydrogen (secondary N) is 1. The van der Waals surface area contributed by atoms with E-state index in [1.165, 1.54) is 0 Å². The quantitative estimate of drug-likeness (QED) is 0.867. The first-order valence-electron chi connectivity index (χ1n) is 7.45. The van der Waals surface area contributed by atoms with Gasteiger partial charge in [0.2, 0.25) is 0 Å². The van der Waals surface area contributed by atoms with Gasteiger partial charge in [-0.05, 0) is 74.4 Å². The van der Waals surface area contributed by atoms with Crippen molar-refractivity contribution in [3.8, 4) is 5.75 Å². The Kier molecular flexibility index (Phi) is 3.92. The van der Waals surface area contributed by atoms with Crippen LogP contribution in [0, 0.1) is 5.92 Å². The average Bonchev–Trinajstić information content (AvgIpc) is 3.30. The molecule has 0 bridgehead atoms. The third-order valence-corrected chi connectivity index (χ3v) is 4.21. The van der Waals surface area contributed by atoms with E-state index in [4.69, 9.17) is 9.84 Å². The van der Waals surface area contributed by atoms with Crippen LogP contribution in [-0.2, 0) is 0 Å². The van der Waals surface area contributed by atoms with Gasteiger partial charge < -0.3 is 15.2 Å². The molecule has 4 heteroatoms. The molecule has 1 saturated heterocycles. The topological polar surface area (TPSA) is 58.6 Å². The molecule has 1 aliphatic heterocycles. The first-order valence-corrected chi connectivity index (χ1v) is 7.45. The highest BCUT2D eigenvalue weighted by molar-refractivity contribution is 5.88. The molecular formula is C16H21NO3. The smallest absolute Gasteiger partial charge is 0.335 e. The summed E-state index contributed by atoms with van der Waals surface area (Å²) in [5.74, 6) is 1.13. The zero-order chi connectivity index (χ0) is 13.9. The van der Waals surface area contributed by atoms with Crippen molar-refractivity contribution < 1.29 is 14.6 Å². The summed E-state index contributed by atoms with van der Waals surface area (Å²) in [6, 6.07) is 5.27. The highest BCUT2D eigenvalue weighted by Crippen LogP contribution is 2.44. The zero-order valence-corrected chi connectivity index (χ0v) is 11.6. The Hall–Kier alpha value is -1.55. The van der Waals surface area contributed by atoms with Gasteiger partial charge in [0.05, 0.1) is 12.2 Å². The molecule has 2 fully saturated rings. The lowest BCUT2D eigenvalue weighted by Crippen LogP contribution is -2.30. The van der Waals surface area contributed by atoms with Crippen LogP contribution in [0.3, 0.4) is 0 Å². The van der Waals surface area contributed by atoms with Crippen molar-refractivity contribution in [1.82, 2.24) is 5.32 Å². The molecule has 108 valence electrons. The molecule has 0 atom stereocenters. The van der Waals surface area contributed by atoms with Gasteiger partial charge in [-0.3, -0.25) is 0 Å². The van der Waals surface area contributed by atoms with Gasteiger partial charge in [-0.2, -0.15) is 0 Å². The van der Waals surface area contributed by atoms with Crippen LogP contribution in [0.5, 0.6) is 5.75 Å². The molecule has 0 amide bonds. The van der Waals surface area contributed by atoms with E-state index < -0.39 is 5.97 Å². The minimum Gasteiger partial charge on any atom is -0.493 e. The summed E-state index contributed by atoms with van der Waals surface area (Å²) >= 11 is 0. The Labute approximate surface area is 119 Å². The first kappa shape index (κ1) is 13.4. The molecule has 1 aliphatic carbocycles.